The second-order valence-electron chi connectivity index (χ2n) is 5.10. The van der Waals surface area contributed by atoms with E-state index in [1.165, 1.54) is 20.3 Å². The molecule has 0 aliphatic rings. The van der Waals surface area contributed by atoms with Crippen LogP contribution in [0.5, 0.6) is 11.5 Å². The first kappa shape index (κ1) is 14.9. The molecule has 6 heteroatoms. The van der Waals surface area contributed by atoms with Gasteiger partial charge in [0.1, 0.15) is 0 Å². The molecular weight excluding hydrogens is 296 g/mol. The fourth-order valence-electron chi connectivity index (χ4n) is 2.67. The molecule has 1 aromatic heterocycles. The lowest BCUT2D eigenvalue weighted by Gasteiger charge is -2.11. The number of aromatic nitrogens is 1. The Labute approximate surface area is 133 Å². The zero-order chi connectivity index (χ0) is 16.4. The maximum Gasteiger partial charge on any atom is 0.278 e. The fraction of sp³-hybridized carbons (Fsp3) is 0.176. The largest absolute Gasteiger partial charge is 0.493 e. The highest BCUT2D eigenvalue weighted by Crippen LogP contribution is 2.35. The van der Waals surface area contributed by atoms with Crippen molar-refractivity contribution in [3.8, 4) is 11.5 Å². The zero-order valence-electron chi connectivity index (χ0n) is 12.9. The number of nitro groups is 1. The average molecular weight is 312 g/mol. The number of ether oxygens (including phenoxy) is 2. The molecule has 6 nitrogen and oxygen atoms in total. The van der Waals surface area contributed by atoms with Gasteiger partial charge in [-0.3, -0.25) is 10.1 Å². The van der Waals surface area contributed by atoms with E-state index in [2.05, 4.69) is 0 Å². The smallest absolute Gasteiger partial charge is 0.278 e. The molecule has 0 atom stereocenters. The van der Waals surface area contributed by atoms with Crippen molar-refractivity contribution < 1.29 is 14.4 Å². The first-order valence-electron chi connectivity index (χ1n) is 7.07. The van der Waals surface area contributed by atoms with Crippen LogP contribution in [0.15, 0.2) is 48.7 Å². The van der Waals surface area contributed by atoms with Gasteiger partial charge >= 0.3 is 0 Å². The normalized spacial score (nSPS) is 10.7. The van der Waals surface area contributed by atoms with Gasteiger partial charge < -0.3 is 14.0 Å². The van der Waals surface area contributed by atoms with E-state index in [0.29, 0.717) is 23.6 Å². The average Bonchev–Trinajstić information content (AvgIpc) is 2.97. The van der Waals surface area contributed by atoms with Gasteiger partial charge in [0.15, 0.2) is 11.5 Å². The van der Waals surface area contributed by atoms with E-state index in [4.69, 9.17) is 9.47 Å². The fourth-order valence-corrected chi connectivity index (χ4v) is 2.67. The first-order valence-corrected chi connectivity index (χ1v) is 7.07. The summed E-state index contributed by atoms with van der Waals surface area (Å²) < 4.78 is 12.4. The van der Waals surface area contributed by atoms with Crippen LogP contribution in [-0.2, 0) is 6.54 Å². The van der Waals surface area contributed by atoms with E-state index >= 15 is 0 Å². The minimum atomic E-state index is -0.400. The van der Waals surface area contributed by atoms with Crippen molar-refractivity contribution in [2.75, 3.05) is 14.2 Å². The standard InChI is InChI=1S/C17H16N2O4/c1-22-16-9-13(15(19(20)21)10-17(16)23-2)11-18-8-7-12-5-3-4-6-14(12)18/h3-10H,11H2,1-2H3. The number of methoxy groups -OCH3 is 2. The molecule has 0 radical (unpaired) electrons. The van der Waals surface area contributed by atoms with Crippen LogP contribution in [0.1, 0.15) is 5.56 Å². The lowest BCUT2D eigenvalue weighted by atomic mass is 10.1. The van der Waals surface area contributed by atoms with Gasteiger partial charge in [0.25, 0.3) is 5.69 Å². The molecule has 0 N–H and O–H groups in total. The van der Waals surface area contributed by atoms with E-state index in [9.17, 15) is 10.1 Å². The van der Waals surface area contributed by atoms with Gasteiger partial charge in [-0.25, -0.2) is 0 Å². The maximum absolute atomic E-state index is 11.4. The number of benzene rings is 2. The summed E-state index contributed by atoms with van der Waals surface area (Å²) in [5, 5.41) is 12.5. The van der Waals surface area contributed by atoms with Crippen LogP contribution in [0.2, 0.25) is 0 Å². The second kappa shape index (κ2) is 6.00. The summed E-state index contributed by atoms with van der Waals surface area (Å²) in [4.78, 5) is 11.0. The number of nitrogens with zero attached hydrogens (tertiary/aromatic N) is 2. The Morgan fingerprint density at radius 2 is 1.78 bits per heavy atom. The summed E-state index contributed by atoms with van der Waals surface area (Å²) in [6.45, 7) is 0.379. The van der Waals surface area contributed by atoms with Crippen molar-refractivity contribution in [1.29, 1.82) is 0 Å². The van der Waals surface area contributed by atoms with Crippen molar-refractivity contribution >= 4 is 16.6 Å². The van der Waals surface area contributed by atoms with Crippen LogP contribution in [-0.4, -0.2) is 23.7 Å². The highest BCUT2D eigenvalue weighted by atomic mass is 16.6. The van der Waals surface area contributed by atoms with Gasteiger partial charge in [0.05, 0.1) is 37.3 Å². The Balaban J connectivity index is 2.09. The third kappa shape index (κ3) is 2.70. The molecule has 0 bridgehead atoms. The second-order valence-corrected chi connectivity index (χ2v) is 5.10. The molecule has 1 heterocycles. The Kier molecular flexibility index (Phi) is 3.89. The van der Waals surface area contributed by atoms with Crippen molar-refractivity contribution in [2.45, 2.75) is 6.54 Å². The maximum atomic E-state index is 11.4. The van der Waals surface area contributed by atoms with Crippen LogP contribution < -0.4 is 9.47 Å². The summed E-state index contributed by atoms with van der Waals surface area (Å²) in [6.07, 6.45) is 1.92. The Bertz CT molecular complexity index is 870. The Hall–Kier alpha value is -3.02. The molecule has 23 heavy (non-hydrogen) atoms. The highest BCUT2D eigenvalue weighted by Gasteiger charge is 2.20. The summed E-state index contributed by atoms with van der Waals surface area (Å²) in [5.74, 6) is 0.824. The number of hydrogen-bond acceptors (Lipinski definition) is 4. The molecule has 0 saturated carbocycles. The van der Waals surface area contributed by atoms with Crippen molar-refractivity contribution in [3.05, 3.63) is 64.3 Å². The van der Waals surface area contributed by atoms with E-state index in [1.807, 2.05) is 41.1 Å². The van der Waals surface area contributed by atoms with Crippen LogP contribution >= 0.6 is 0 Å². The molecule has 0 spiro atoms. The molecule has 0 saturated heterocycles. The Morgan fingerprint density at radius 3 is 2.48 bits per heavy atom. The van der Waals surface area contributed by atoms with Gasteiger partial charge in [0, 0.05) is 11.7 Å². The predicted octanol–water partition coefficient (Wildman–Crippen LogP) is 3.62. The van der Waals surface area contributed by atoms with E-state index < -0.39 is 4.92 Å². The first-order chi connectivity index (χ1) is 11.1. The SMILES string of the molecule is COc1cc(Cn2ccc3ccccc32)c([N+](=O)[O-])cc1OC. The Morgan fingerprint density at radius 1 is 1.09 bits per heavy atom. The molecule has 0 aliphatic heterocycles. The molecule has 2 aromatic carbocycles. The number of rotatable bonds is 5. The van der Waals surface area contributed by atoms with Crippen LogP contribution in [0, 0.1) is 10.1 Å². The summed E-state index contributed by atoms with van der Waals surface area (Å²) in [7, 11) is 2.97. The zero-order valence-corrected chi connectivity index (χ0v) is 12.9. The molecule has 118 valence electrons. The minimum Gasteiger partial charge on any atom is -0.493 e. The monoisotopic (exact) mass is 312 g/mol. The number of nitro benzene ring substituents is 1. The summed E-state index contributed by atoms with van der Waals surface area (Å²) >= 11 is 0. The van der Waals surface area contributed by atoms with Gasteiger partial charge in [-0.1, -0.05) is 18.2 Å². The predicted molar refractivity (Wildman–Crippen MR) is 87.2 cm³/mol. The topological polar surface area (TPSA) is 66.5 Å². The molecule has 0 amide bonds. The highest BCUT2D eigenvalue weighted by molar-refractivity contribution is 5.80. The van der Waals surface area contributed by atoms with E-state index in [1.54, 1.807) is 6.07 Å². The van der Waals surface area contributed by atoms with Crippen molar-refractivity contribution in [2.24, 2.45) is 0 Å². The third-order valence-corrected chi connectivity index (χ3v) is 3.80. The molecular formula is C17H16N2O4. The number of para-hydroxylation sites is 1. The van der Waals surface area contributed by atoms with Crippen LogP contribution in [0.3, 0.4) is 0 Å². The lowest BCUT2D eigenvalue weighted by Crippen LogP contribution is -2.04. The van der Waals surface area contributed by atoms with Gasteiger partial charge in [-0.2, -0.15) is 0 Å². The van der Waals surface area contributed by atoms with Crippen molar-refractivity contribution in [1.82, 2.24) is 4.57 Å². The van der Waals surface area contributed by atoms with E-state index in [0.717, 1.165) is 10.9 Å². The van der Waals surface area contributed by atoms with Crippen LogP contribution in [0.4, 0.5) is 5.69 Å². The van der Waals surface area contributed by atoms with Crippen LogP contribution in [0.25, 0.3) is 10.9 Å². The quantitative estimate of drug-likeness (QED) is 0.533. The molecule has 0 fully saturated rings. The molecule has 0 aliphatic carbocycles. The summed E-state index contributed by atoms with van der Waals surface area (Å²) in [5.41, 5.74) is 1.60. The molecule has 3 aromatic rings. The van der Waals surface area contributed by atoms with Gasteiger partial charge in [-0.05, 0) is 23.6 Å². The van der Waals surface area contributed by atoms with Crippen molar-refractivity contribution in [3.63, 3.8) is 0 Å². The van der Waals surface area contributed by atoms with Gasteiger partial charge in [-0.15, -0.1) is 0 Å². The van der Waals surface area contributed by atoms with E-state index in [-0.39, 0.29) is 5.69 Å². The lowest BCUT2D eigenvalue weighted by molar-refractivity contribution is -0.385. The minimum absolute atomic E-state index is 0.0143. The summed E-state index contributed by atoms with van der Waals surface area (Å²) in [6, 6.07) is 13.0. The molecule has 3 rings (SSSR count). The number of hydrogen-bond donors (Lipinski definition) is 0. The molecule has 0 unspecified atom stereocenters. The number of fused-ring (bicyclic) bond motifs is 1. The van der Waals surface area contributed by atoms with Gasteiger partial charge in [0.2, 0.25) is 0 Å². The third-order valence-electron chi connectivity index (χ3n) is 3.80.